The molecule has 1 saturated heterocycles. The lowest BCUT2D eigenvalue weighted by molar-refractivity contribution is -0.138. The topological polar surface area (TPSA) is 102 Å². The van der Waals surface area contributed by atoms with Crippen molar-refractivity contribution >= 4 is 35.2 Å². The second kappa shape index (κ2) is 13.2. The van der Waals surface area contributed by atoms with Gasteiger partial charge in [-0.2, -0.15) is 0 Å². The Morgan fingerprint density at radius 2 is 1.70 bits per heavy atom. The predicted octanol–water partition coefficient (Wildman–Crippen LogP) is 6.35. The number of methoxy groups -OCH3 is 1. The van der Waals surface area contributed by atoms with Crippen molar-refractivity contribution < 1.29 is 28.6 Å². The molecule has 0 aliphatic carbocycles. The summed E-state index contributed by atoms with van der Waals surface area (Å²) in [4.78, 5) is 49.1. The van der Waals surface area contributed by atoms with E-state index in [1.807, 2.05) is 69.3 Å². The van der Waals surface area contributed by atoms with Crippen LogP contribution in [0, 0.1) is 0 Å². The number of aromatic nitrogens is 1. The quantitative estimate of drug-likeness (QED) is 0.294. The third-order valence-electron chi connectivity index (χ3n) is 7.99. The van der Waals surface area contributed by atoms with Gasteiger partial charge >= 0.3 is 6.09 Å². The van der Waals surface area contributed by atoms with Crippen LogP contribution in [0.15, 0.2) is 54.7 Å². The molecule has 0 bridgehead atoms. The third-order valence-corrected chi connectivity index (χ3v) is 8.24. The molecule has 2 aliphatic rings. The van der Waals surface area contributed by atoms with Crippen molar-refractivity contribution in [1.29, 1.82) is 0 Å². The normalized spacial score (nSPS) is 17.6. The van der Waals surface area contributed by atoms with E-state index in [2.05, 4.69) is 0 Å². The zero-order chi connectivity index (χ0) is 33.3. The summed E-state index contributed by atoms with van der Waals surface area (Å²) >= 11 is 6.24. The smallest absolute Gasteiger partial charge is 0.410 e. The van der Waals surface area contributed by atoms with Gasteiger partial charge in [0.15, 0.2) is 11.5 Å². The van der Waals surface area contributed by atoms with Crippen LogP contribution >= 0.6 is 11.6 Å². The molecule has 3 heterocycles. The lowest BCUT2D eigenvalue weighted by Crippen LogP contribution is -2.53. The molecular formula is C35H41ClN4O6. The van der Waals surface area contributed by atoms with Gasteiger partial charge < -0.3 is 19.1 Å². The molecule has 10 nitrogen and oxygen atoms in total. The van der Waals surface area contributed by atoms with Gasteiger partial charge in [0.2, 0.25) is 11.8 Å². The van der Waals surface area contributed by atoms with Crippen molar-refractivity contribution in [1.82, 2.24) is 14.8 Å². The van der Waals surface area contributed by atoms with Gasteiger partial charge in [-0.15, -0.1) is 0 Å². The number of piperazine rings is 1. The van der Waals surface area contributed by atoms with Crippen molar-refractivity contribution in [3.63, 3.8) is 0 Å². The minimum atomic E-state index is -0.641. The van der Waals surface area contributed by atoms with Gasteiger partial charge in [0, 0.05) is 18.1 Å². The Kier molecular flexibility index (Phi) is 9.49. The molecule has 2 aromatic carbocycles. The molecule has 244 valence electrons. The molecule has 46 heavy (non-hydrogen) atoms. The highest BCUT2D eigenvalue weighted by Crippen LogP contribution is 2.44. The molecular weight excluding hydrogens is 608 g/mol. The predicted molar refractivity (Wildman–Crippen MR) is 175 cm³/mol. The maximum atomic E-state index is 13.9. The first kappa shape index (κ1) is 33.1. The first-order chi connectivity index (χ1) is 21.8. The molecule has 3 amide bonds. The second-order valence-electron chi connectivity index (χ2n) is 12.9. The van der Waals surface area contributed by atoms with Crippen LogP contribution in [-0.4, -0.2) is 71.1 Å². The summed E-state index contributed by atoms with van der Waals surface area (Å²) in [6.45, 7) is 11.9. The van der Waals surface area contributed by atoms with Gasteiger partial charge in [-0.3, -0.25) is 24.4 Å². The van der Waals surface area contributed by atoms with E-state index in [0.29, 0.717) is 41.0 Å². The summed E-state index contributed by atoms with van der Waals surface area (Å²) in [7, 11) is 1.59. The molecule has 2 aliphatic heterocycles. The molecule has 2 atom stereocenters. The second-order valence-corrected chi connectivity index (χ2v) is 13.3. The first-order valence-corrected chi connectivity index (χ1v) is 15.8. The number of hydrogen-bond donors (Lipinski definition) is 0. The Balaban J connectivity index is 1.43. The number of carbonyl (C=O) groups excluding carboxylic acids is 3. The van der Waals surface area contributed by atoms with Crippen LogP contribution in [0.5, 0.6) is 11.5 Å². The summed E-state index contributed by atoms with van der Waals surface area (Å²) in [6.07, 6.45) is 1.27. The maximum Gasteiger partial charge on any atom is 0.410 e. The SMILES string of the molecule is COc1cc2c(cc1OC(C)C)C(c1ccc(Cl)cc1)N(c1ccc([C@H](C)N3CCN(C(=O)OC(C)(C)C)CC3=O)nc1)C(=O)C2. The van der Waals surface area contributed by atoms with E-state index < -0.39 is 17.7 Å². The van der Waals surface area contributed by atoms with Crippen molar-refractivity contribution in [2.75, 3.05) is 31.6 Å². The molecule has 0 radical (unpaired) electrons. The van der Waals surface area contributed by atoms with E-state index >= 15 is 0 Å². The van der Waals surface area contributed by atoms with Gasteiger partial charge in [0.1, 0.15) is 12.1 Å². The van der Waals surface area contributed by atoms with E-state index in [9.17, 15) is 14.4 Å². The number of halogens is 1. The molecule has 5 rings (SSSR count). The van der Waals surface area contributed by atoms with Crippen molar-refractivity contribution in [3.8, 4) is 11.5 Å². The fraction of sp³-hybridized carbons (Fsp3) is 0.429. The van der Waals surface area contributed by atoms with Crippen molar-refractivity contribution in [2.24, 2.45) is 0 Å². The molecule has 1 unspecified atom stereocenters. The van der Waals surface area contributed by atoms with Crippen LogP contribution in [0.4, 0.5) is 10.5 Å². The monoisotopic (exact) mass is 648 g/mol. The minimum absolute atomic E-state index is 0.0604. The fourth-order valence-corrected chi connectivity index (χ4v) is 5.98. The summed E-state index contributed by atoms with van der Waals surface area (Å²) < 4.78 is 17.2. The van der Waals surface area contributed by atoms with Crippen molar-refractivity contribution in [2.45, 2.75) is 71.8 Å². The Hall–Kier alpha value is -4.31. The molecule has 11 heteroatoms. The van der Waals surface area contributed by atoms with Gasteiger partial charge in [-0.25, -0.2) is 4.79 Å². The van der Waals surface area contributed by atoms with E-state index in [1.165, 1.54) is 4.90 Å². The Labute approximate surface area is 275 Å². The van der Waals surface area contributed by atoms with Crippen LogP contribution in [-0.2, 0) is 20.7 Å². The Morgan fingerprint density at radius 1 is 0.978 bits per heavy atom. The molecule has 0 saturated carbocycles. The highest BCUT2D eigenvalue weighted by molar-refractivity contribution is 6.30. The number of anilines is 1. The molecule has 1 aromatic heterocycles. The van der Waals surface area contributed by atoms with E-state index in [0.717, 1.165) is 16.7 Å². The number of ether oxygens (including phenoxy) is 3. The lowest BCUT2D eigenvalue weighted by atomic mass is 9.87. The first-order valence-electron chi connectivity index (χ1n) is 15.4. The fourth-order valence-electron chi connectivity index (χ4n) is 5.85. The van der Waals surface area contributed by atoms with Gasteiger partial charge in [-0.1, -0.05) is 23.7 Å². The average Bonchev–Trinajstić information content (AvgIpc) is 2.99. The summed E-state index contributed by atoms with van der Waals surface area (Å²) in [6, 6.07) is 14.2. The third kappa shape index (κ3) is 7.07. The Morgan fingerprint density at radius 3 is 2.28 bits per heavy atom. The van der Waals surface area contributed by atoms with Gasteiger partial charge in [0.05, 0.1) is 49.3 Å². The van der Waals surface area contributed by atoms with Crippen LogP contribution in [0.2, 0.25) is 5.02 Å². The number of benzene rings is 2. The highest BCUT2D eigenvalue weighted by atomic mass is 35.5. The number of fused-ring (bicyclic) bond motifs is 1. The zero-order valence-corrected chi connectivity index (χ0v) is 28.1. The maximum absolute atomic E-state index is 13.9. The largest absolute Gasteiger partial charge is 0.493 e. The molecule has 0 N–H and O–H groups in total. The summed E-state index contributed by atoms with van der Waals surface area (Å²) in [5, 5.41) is 0.595. The minimum Gasteiger partial charge on any atom is -0.493 e. The number of rotatable bonds is 7. The summed E-state index contributed by atoms with van der Waals surface area (Å²) in [5.41, 5.74) is 3.31. The number of hydrogen-bond acceptors (Lipinski definition) is 7. The van der Waals surface area contributed by atoms with Crippen LogP contribution < -0.4 is 14.4 Å². The van der Waals surface area contributed by atoms with Gasteiger partial charge in [-0.05, 0) is 94.6 Å². The molecule has 3 aromatic rings. The summed E-state index contributed by atoms with van der Waals surface area (Å²) in [5.74, 6) is 0.896. The number of carbonyl (C=O) groups is 3. The zero-order valence-electron chi connectivity index (χ0n) is 27.4. The lowest BCUT2D eigenvalue weighted by Gasteiger charge is -2.39. The highest BCUT2D eigenvalue weighted by Gasteiger charge is 2.37. The van der Waals surface area contributed by atoms with Crippen LogP contribution in [0.25, 0.3) is 0 Å². The molecule has 1 fully saturated rings. The number of amides is 3. The van der Waals surface area contributed by atoms with Crippen LogP contribution in [0.1, 0.15) is 76.0 Å². The number of pyridine rings is 1. The van der Waals surface area contributed by atoms with Crippen molar-refractivity contribution in [3.05, 3.63) is 82.1 Å². The van der Waals surface area contributed by atoms with Crippen LogP contribution in [0.3, 0.4) is 0 Å². The standard InChI is InChI=1S/C35H41ClN4O6/c1-21(2)45-30-18-27-24(16-29(30)44-7)17-31(41)40(33(27)23-8-10-25(36)11-9-23)26-12-13-28(37-19-26)22(3)39-15-14-38(20-32(39)42)34(43)46-35(4,5)6/h8-13,16,18-19,21-22,33H,14-15,17,20H2,1-7H3/t22-,33?/m0/s1. The van der Waals surface area contributed by atoms with Gasteiger partial charge in [0.25, 0.3) is 0 Å². The average molecular weight is 649 g/mol. The van der Waals surface area contributed by atoms with E-state index in [1.54, 1.807) is 43.9 Å². The van der Waals surface area contributed by atoms with E-state index in [-0.39, 0.29) is 36.9 Å². The van der Waals surface area contributed by atoms with E-state index in [4.69, 9.17) is 30.8 Å². The molecule has 0 spiro atoms. The number of nitrogens with zero attached hydrogens (tertiary/aromatic N) is 4. The Bertz CT molecular complexity index is 1600.